The Morgan fingerprint density at radius 3 is 2.75 bits per heavy atom. The number of rotatable bonds is 3. The van der Waals surface area contributed by atoms with Crippen LogP contribution in [-0.2, 0) is 19.1 Å². The number of carbonyl (C=O) groups is 2. The summed E-state index contributed by atoms with van der Waals surface area (Å²) in [6.07, 6.45) is 2.56. The molecule has 0 bridgehead atoms. The Kier molecular flexibility index (Phi) is 4.58. The Bertz CT molecular complexity index is 576. The predicted octanol–water partition coefficient (Wildman–Crippen LogP) is 3.66. The summed E-state index contributed by atoms with van der Waals surface area (Å²) in [5.74, 6) is 0.366. The third-order valence-electron chi connectivity index (χ3n) is 5.96. The molecule has 0 radical (unpaired) electrons. The minimum Gasteiger partial charge on any atom is -0.461 e. The Balaban J connectivity index is 1.80. The van der Waals surface area contributed by atoms with E-state index in [0.29, 0.717) is 6.42 Å². The molecule has 3 rings (SSSR count). The fourth-order valence-corrected chi connectivity index (χ4v) is 4.61. The van der Waals surface area contributed by atoms with Gasteiger partial charge in [-0.05, 0) is 36.7 Å². The molecule has 2 aliphatic carbocycles. The van der Waals surface area contributed by atoms with Crippen LogP contribution in [0.4, 0.5) is 0 Å². The van der Waals surface area contributed by atoms with E-state index in [1.165, 1.54) is 5.57 Å². The number of esters is 2. The summed E-state index contributed by atoms with van der Waals surface area (Å²) < 4.78 is 11.4. The Labute approximate surface area is 144 Å². The summed E-state index contributed by atoms with van der Waals surface area (Å²) in [6.45, 7) is 14.4. The van der Waals surface area contributed by atoms with Crippen molar-refractivity contribution in [1.29, 1.82) is 0 Å². The molecule has 0 amide bonds. The predicted molar refractivity (Wildman–Crippen MR) is 91.0 cm³/mol. The van der Waals surface area contributed by atoms with Gasteiger partial charge in [-0.1, -0.05) is 39.5 Å². The maximum absolute atomic E-state index is 12.1. The van der Waals surface area contributed by atoms with Gasteiger partial charge in [-0.15, -0.1) is 0 Å². The molecule has 3 aliphatic rings. The molecule has 132 valence electrons. The highest BCUT2D eigenvalue weighted by Gasteiger charge is 2.54. The van der Waals surface area contributed by atoms with E-state index in [9.17, 15) is 9.59 Å². The fourth-order valence-electron chi connectivity index (χ4n) is 4.61. The molecule has 1 heterocycles. The highest BCUT2D eigenvalue weighted by Crippen LogP contribution is 2.52. The Morgan fingerprint density at radius 1 is 1.38 bits per heavy atom. The average Bonchev–Trinajstić information content (AvgIpc) is 2.89. The van der Waals surface area contributed by atoms with Gasteiger partial charge in [0.2, 0.25) is 0 Å². The van der Waals surface area contributed by atoms with Crippen LogP contribution in [0, 0.1) is 29.6 Å². The highest BCUT2D eigenvalue weighted by molar-refractivity contribution is 5.75. The SMILES string of the molecule is C=C1[C@@H]2[C@H]3OC(=O)[C@@H](C)[C@@H]3CCC(=C)[C@@H]2C[C@@H]1OC(=O)CC(C)C. The summed E-state index contributed by atoms with van der Waals surface area (Å²) in [7, 11) is 0. The zero-order valence-corrected chi connectivity index (χ0v) is 14.9. The molecule has 0 aromatic heterocycles. The first kappa shape index (κ1) is 17.2. The van der Waals surface area contributed by atoms with Crippen molar-refractivity contribution in [1.82, 2.24) is 0 Å². The van der Waals surface area contributed by atoms with E-state index in [4.69, 9.17) is 9.47 Å². The van der Waals surface area contributed by atoms with Crippen molar-refractivity contribution in [3.8, 4) is 0 Å². The summed E-state index contributed by atoms with van der Waals surface area (Å²) in [4.78, 5) is 24.1. The van der Waals surface area contributed by atoms with E-state index in [1.807, 2.05) is 20.8 Å². The van der Waals surface area contributed by atoms with Gasteiger partial charge in [0.05, 0.1) is 5.92 Å². The van der Waals surface area contributed by atoms with E-state index in [2.05, 4.69) is 13.2 Å². The van der Waals surface area contributed by atoms with Crippen molar-refractivity contribution >= 4 is 11.9 Å². The molecule has 2 saturated carbocycles. The first-order chi connectivity index (χ1) is 11.3. The third kappa shape index (κ3) is 2.91. The topological polar surface area (TPSA) is 52.6 Å². The zero-order valence-electron chi connectivity index (χ0n) is 14.9. The molecule has 6 atom stereocenters. The Morgan fingerprint density at radius 2 is 2.08 bits per heavy atom. The first-order valence-electron chi connectivity index (χ1n) is 9.06. The van der Waals surface area contributed by atoms with E-state index < -0.39 is 0 Å². The zero-order chi connectivity index (χ0) is 17.6. The van der Waals surface area contributed by atoms with Crippen LogP contribution in [0.5, 0.6) is 0 Å². The second-order valence-electron chi connectivity index (χ2n) is 8.07. The van der Waals surface area contributed by atoms with E-state index in [-0.39, 0.29) is 53.7 Å². The fraction of sp³-hybridized carbons (Fsp3) is 0.700. The van der Waals surface area contributed by atoms with Crippen molar-refractivity contribution in [3.63, 3.8) is 0 Å². The third-order valence-corrected chi connectivity index (χ3v) is 5.96. The second kappa shape index (κ2) is 6.38. The Hall–Kier alpha value is -1.58. The minimum absolute atomic E-state index is 0.0377. The standard InChI is InChI=1S/C20H28O4/c1-10(2)8-17(21)23-16-9-15-11(3)6-7-14-12(4)20(22)24-19(14)18(15)13(16)5/h10,12,14-16,18-19H,3,5-9H2,1-2,4H3/t12-,14-,15-,16-,18-,19-/m0/s1. The van der Waals surface area contributed by atoms with Crippen molar-refractivity contribution in [3.05, 3.63) is 24.3 Å². The summed E-state index contributed by atoms with van der Waals surface area (Å²) >= 11 is 0. The van der Waals surface area contributed by atoms with Crippen molar-refractivity contribution in [2.75, 3.05) is 0 Å². The molecule has 0 aromatic carbocycles. The minimum atomic E-state index is -0.281. The van der Waals surface area contributed by atoms with Crippen molar-refractivity contribution < 1.29 is 19.1 Å². The van der Waals surface area contributed by atoms with E-state index >= 15 is 0 Å². The van der Waals surface area contributed by atoms with Gasteiger partial charge in [-0.25, -0.2) is 0 Å². The van der Waals surface area contributed by atoms with Crippen LogP contribution in [0.2, 0.25) is 0 Å². The number of ether oxygens (including phenoxy) is 2. The quantitative estimate of drug-likeness (QED) is 0.584. The molecule has 0 unspecified atom stereocenters. The number of hydrogen-bond donors (Lipinski definition) is 0. The van der Waals surface area contributed by atoms with Crippen LogP contribution >= 0.6 is 0 Å². The molecular weight excluding hydrogens is 304 g/mol. The van der Waals surface area contributed by atoms with Gasteiger partial charge in [0.1, 0.15) is 12.2 Å². The van der Waals surface area contributed by atoms with Crippen LogP contribution in [0.3, 0.4) is 0 Å². The average molecular weight is 332 g/mol. The molecule has 1 aliphatic heterocycles. The lowest BCUT2D eigenvalue weighted by Crippen LogP contribution is -2.30. The van der Waals surface area contributed by atoms with Crippen molar-refractivity contribution in [2.24, 2.45) is 29.6 Å². The number of fused-ring (bicyclic) bond motifs is 3. The maximum atomic E-state index is 12.1. The molecule has 3 fully saturated rings. The largest absolute Gasteiger partial charge is 0.461 e. The van der Waals surface area contributed by atoms with Gasteiger partial charge in [0, 0.05) is 18.3 Å². The normalized spacial score (nSPS) is 38.6. The van der Waals surface area contributed by atoms with Gasteiger partial charge in [0.25, 0.3) is 0 Å². The molecule has 0 N–H and O–H groups in total. The highest BCUT2D eigenvalue weighted by atomic mass is 16.6. The molecule has 0 aromatic rings. The van der Waals surface area contributed by atoms with Crippen LogP contribution < -0.4 is 0 Å². The number of allylic oxidation sites excluding steroid dienone is 1. The second-order valence-corrected chi connectivity index (χ2v) is 8.07. The van der Waals surface area contributed by atoms with Gasteiger partial charge in [0.15, 0.2) is 0 Å². The first-order valence-corrected chi connectivity index (χ1v) is 9.06. The number of carbonyl (C=O) groups excluding carboxylic acids is 2. The lowest BCUT2D eigenvalue weighted by atomic mass is 9.80. The van der Waals surface area contributed by atoms with Crippen molar-refractivity contribution in [2.45, 2.75) is 58.7 Å². The molecule has 24 heavy (non-hydrogen) atoms. The van der Waals surface area contributed by atoms with Crippen LogP contribution in [0.15, 0.2) is 24.3 Å². The maximum Gasteiger partial charge on any atom is 0.309 e. The van der Waals surface area contributed by atoms with Gasteiger partial charge < -0.3 is 9.47 Å². The number of hydrogen-bond acceptors (Lipinski definition) is 4. The molecule has 4 heteroatoms. The summed E-state index contributed by atoms with van der Waals surface area (Å²) in [5, 5.41) is 0. The summed E-state index contributed by atoms with van der Waals surface area (Å²) in [5.41, 5.74) is 2.08. The monoisotopic (exact) mass is 332 g/mol. The van der Waals surface area contributed by atoms with E-state index in [1.54, 1.807) is 0 Å². The van der Waals surface area contributed by atoms with E-state index in [0.717, 1.165) is 24.8 Å². The van der Waals surface area contributed by atoms with Gasteiger partial charge in [-0.2, -0.15) is 0 Å². The lowest BCUT2D eigenvalue weighted by Gasteiger charge is -2.26. The van der Waals surface area contributed by atoms with Gasteiger partial charge >= 0.3 is 11.9 Å². The summed E-state index contributed by atoms with van der Waals surface area (Å²) in [6, 6.07) is 0. The molecule has 4 nitrogen and oxygen atoms in total. The van der Waals surface area contributed by atoms with Crippen LogP contribution in [0.25, 0.3) is 0 Å². The van der Waals surface area contributed by atoms with Crippen LogP contribution in [-0.4, -0.2) is 24.1 Å². The molecular formula is C20H28O4. The molecule has 0 spiro atoms. The molecule has 1 saturated heterocycles. The van der Waals surface area contributed by atoms with Gasteiger partial charge in [-0.3, -0.25) is 9.59 Å². The smallest absolute Gasteiger partial charge is 0.309 e. The van der Waals surface area contributed by atoms with Crippen LogP contribution in [0.1, 0.15) is 46.5 Å². The lowest BCUT2D eigenvalue weighted by molar-refractivity contribution is -0.148.